The molecule has 0 atom stereocenters. The van der Waals surface area contributed by atoms with Crippen molar-refractivity contribution >= 4 is 43.6 Å². The Morgan fingerprint density at radius 3 is 1.82 bits per heavy atom. The Bertz CT molecular complexity index is 1780. The zero-order valence-electron chi connectivity index (χ0n) is 18.2. The number of hydrogen-bond acceptors (Lipinski definition) is 1. The maximum atomic E-state index is 4.75. The Hall–Kier alpha value is -4.37. The van der Waals surface area contributed by atoms with Gasteiger partial charge in [0.15, 0.2) is 0 Å². The molecule has 4 aromatic carbocycles. The van der Waals surface area contributed by atoms with Gasteiger partial charge in [-0.25, -0.2) is 0 Å². The first-order valence-electron chi connectivity index (χ1n) is 11.2. The fourth-order valence-electron chi connectivity index (χ4n) is 5.24. The van der Waals surface area contributed by atoms with Crippen molar-refractivity contribution in [3.63, 3.8) is 0 Å². The number of aryl methyl sites for hydroxylation is 1. The SMILES string of the molecule is Cn1c2ccccc2c2cc(-c3cc(-n4c5ccccc5c5ccccc54)ccn3)ccc21. The highest BCUT2D eigenvalue weighted by Crippen LogP contribution is 2.34. The lowest BCUT2D eigenvalue weighted by atomic mass is 10.1. The van der Waals surface area contributed by atoms with Gasteiger partial charge in [-0.15, -0.1) is 0 Å². The second kappa shape index (κ2) is 6.81. The molecule has 0 saturated carbocycles. The van der Waals surface area contributed by atoms with Crippen molar-refractivity contribution in [1.29, 1.82) is 0 Å². The molecule has 0 fully saturated rings. The molecule has 0 aliphatic rings. The first-order valence-corrected chi connectivity index (χ1v) is 11.2. The molecule has 0 amide bonds. The number of hydrogen-bond donors (Lipinski definition) is 0. The number of fused-ring (bicyclic) bond motifs is 6. The summed E-state index contributed by atoms with van der Waals surface area (Å²) in [6, 6.07) is 36.7. The average Bonchev–Trinajstić information content (AvgIpc) is 3.37. The number of rotatable bonds is 2. The maximum absolute atomic E-state index is 4.75. The van der Waals surface area contributed by atoms with Gasteiger partial charge in [-0.05, 0) is 42.5 Å². The van der Waals surface area contributed by atoms with E-state index >= 15 is 0 Å². The smallest absolute Gasteiger partial charge is 0.0723 e. The van der Waals surface area contributed by atoms with E-state index in [0.717, 1.165) is 16.9 Å². The van der Waals surface area contributed by atoms with Gasteiger partial charge in [0.2, 0.25) is 0 Å². The molecule has 0 aliphatic carbocycles. The van der Waals surface area contributed by atoms with Crippen LogP contribution in [0.15, 0.2) is 109 Å². The Morgan fingerprint density at radius 1 is 0.545 bits per heavy atom. The van der Waals surface area contributed by atoms with Crippen molar-refractivity contribution in [2.45, 2.75) is 0 Å². The highest BCUT2D eigenvalue weighted by Gasteiger charge is 2.13. The van der Waals surface area contributed by atoms with Crippen LogP contribution in [0.25, 0.3) is 60.6 Å². The van der Waals surface area contributed by atoms with Crippen molar-refractivity contribution in [2.75, 3.05) is 0 Å². The fraction of sp³-hybridized carbons (Fsp3) is 0.0333. The monoisotopic (exact) mass is 423 g/mol. The molecule has 3 heteroatoms. The van der Waals surface area contributed by atoms with E-state index < -0.39 is 0 Å². The van der Waals surface area contributed by atoms with E-state index in [-0.39, 0.29) is 0 Å². The topological polar surface area (TPSA) is 22.8 Å². The van der Waals surface area contributed by atoms with Crippen molar-refractivity contribution in [1.82, 2.24) is 14.1 Å². The molecule has 3 aromatic heterocycles. The second-order valence-corrected chi connectivity index (χ2v) is 8.58. The molecule has 33 heavy (non-hydrogen) atoms. The summed E-state index contributed by atoms with van der Waals surface area (Å²) in [6.45, 7) is 0. The van der Waals surface area contributed by atoms with E-state index in [2.05, 4.69) is 119 Å². The zero-order valence-corrected chi connectivity index (χ0v) is 18.2. The van der Waals surface area contributed by atoms with Crippen LogP contribution < -0.4 is 0 Å². The minimum Gasteiger partial charge on any atom is -0.344 e. The lowest BCUT2D eigenvalue weighted by Crippen LogP contribution is -1.95. The summed E-state index contributed by atoms with van der Waals surface area (Å²) < 4.78 is 4.60. The van der Waals surface area contributed by atoms with E-state index in [4.69, 9.17) is 4.98 Å². The van der Waals surface area contributed by atoms with Gasteiger partial charge < -0.3 is 9.13 Å². The first-order chi connectivity index (χ1) is 16.3. The fourth-order valence-corrected chi connectivity index (χ4v) is 5.24. The maximum Gasteiger partial charge on any atom is 0.0723 e. The van der Waals surface area contributed by atoms with Crippen LogP contribution in [0.4, 0.5) is 0 Å². The zero-order chi connectivity index (χ0) is 21.9. The van der Waals surface area contributed by atoms with Gasteiger partial charge in [-0.1, -0.05) is 60.7 Å². The molecule has 0 unspecified atom stereocenters. The van der Waals surface area contributed by atoms with Crippen LogP contribution in [0.3, 0.4) is 0 Å². The molecule has 0 radical (unpaired) electrons. The third-order valence-corrected chi connectivity index (χ3v) is 6.79. The van der Waals surface area contributed by atoms with E-state index in [9.17, 15) is 0 Å². The van der Waals surface area contributed by atoms with Crippen LogP contribution in [0.1, 0.15) is 0 Å². The Morgan fingerprint density at radius 2 is 1.12 bits per heavy atom. The van der Waals surface area contributed by atoms with Gasteiger partial charge in [-0.3, -0.25) is 4.98 Å². The molecular formula is C30H21N3. The summed E-state index contributed by atoms with van der Waals surface area (Å²) in [5.74, 6) is 0. The molecule has 3 heterocycles. The van der Waals surface area contributed by atoms with Crippen LogP contribution in [0, 0.1) is 0 Å². The minimum atomic E-state index is 0.976. The molecule has 7 rings (SSSR count). The van der Waals surface area contributed by atoms with Gasteiger partial charge in [-0.2, -0.15) is 0 Å². The molecule has 3 nitrogen and oxygen atoms in total. The summed E-state index contributed by atoms with van der Waals surface area (Å²) in [6.07, 6.45) is 1.92. The predicted molar refractivity (Wildman–Crippen MR) is 138 cm³/mol. The highest BCUT2D eigenvalue weighted by atomic mass is 15.0. The molecule has 0 N–H and O–H groups in total. The summed E-state index contributed by atoms with van der Waals surface area (Å²) in [4.78, 5) is 4.75. The number of aromatic nitrogens is 3. The Balaban J connectivity index is 1.46. The molecule has 7 aromatic rings. The molecule has 156 valence electrons. The van der Waals surface area contributed by atoms with Crippen molar-refractivity contribution < 1.29 is 0 Å². The van der Waals surface area contributed by atoms with Crippen LogP contribution >= 0.6 is 0 Å². The third-order valence-electron chi connectivity index (χ3n) is 6.79. The Kier molecular flexibility index (Phi) is 3.76. The molecule has 0 aliphatic heterocycles. The largest absolute Gasteiger partial charge is 0.344 e. The van der Waals surface area contributed by atoms with Gasteiger partial charge in [0.05, 0.1) is 16.7 Å². The van der Waals surface area contributed by atoms with E-state index in [1.54, 1.807) is 0 Å². The molecule has 0 spiro atoms. The molecule has 0 bridgehead atoms. The van der Waals surface area contributed by atoms with E-state index in [1.165, 1.54) is 43.6 Å². The van der Waals surface area contributed by atoms with Gasteiger partial charge >= 0.3 is 0 Å². The van der Waals surface area contributed by atoms with Crippen LogP contribution in [0.5, 0.6) is 0 Å². The standard InChI is InChI=1S/C30H21N3/c1-32-27-11-5-2-10-24(27)25-18-20(14-15-28(25)32)26-19-21(16-17-31-26)33-29-12-6-3-8-22(29)23-9-4-7-13-30(23)33/h2-19H,1H3. The number of benzene rings is 4. The van der Waals surface area contributed by atoms with Crippen molar-refractivity contribution in [3.8, 4) is 16.9 Å². The van der Waals surface area contributed by atoms with E-state index in [0.29, 0.717) is 0 Å². The van der Waals surface area contributed by atoms with Crippen LogP contribution in [0.2, 0.25) is 0 Å². The molecular weight excluding hydrogens is 402 g/mol. The van der Waals surface area contributed by atoms with Gasteiger partial charge in [0.1, 0.15) is 0 Å². The lowest BCUT2D eigenvalue weighted by molar-refractivity contribution is 1.01. The number of nitrogens with zero attached hydrogens (tertiary/aromatic N) is 3. The number of para-hydroxylation sites is 3. The Labute approximate surface area is 191 Å². The summed E-state index contributed by atoms with van der Waals surface area (Å²) in [7, 11) is 2.13. The first kappa shape index (κ1) is 18.2. The van der Waals surface area contributed by atoms with Crippen LogP contribution in [-0.2, 0) is 7.05 Å². The quantitative estimate of drug-likeness (QED) is 0.282. The lowest BCUT2D eigenvalue weighted by Gasteiger charge is -2.10. The van der Waals surface area contributed by atoms with Gasteiger partial charge in [0.25, 0.3) is 0 Å². The third kappa shape index (κ3) is 2.60. The normalized spacial score (nSPS) is 11.8. The van der Waals surface area contributed by atoms with E-state index in [1.807, 2.05) is 6.20 Å². The van der Waals surface area contributed by atoms with Crippen LogP contribution in [-0.4, -0.2) is 14.1 Å². The van der Waals surface area contributed by atoms with Crippen molar-refractivity contribution in [2.24, 2.45) is 7.05 Å². The van der Waals surface area contributed by atoms with Crippen molar-refractivity contribution in [3.05, 3.63) is 109 Å². The summed E-state index contributed by atoms with van der Waals surface area (Å²) >= 11 is 0. The van der Waals surface area contributed by atoms with Gasteiger partial charge in [0, 0.05) is 57.1 Å². The summed E-state index contributed by atoms with van der Waals surface area (Å²) in [5, 5.41) is 5.07. The minimum absolute atomic E-state index is 0.976. The predicted octanol–water partition coefficient (Wildman–Crippen LogP) is 7.49. The second-order valence-electron chi connectivity index (χ2n) is 8.58. The summed E-state index contributed by atoms with van der Waals surface area (Å²) in [5.41, 5.74) is 8.12. The molecule has 0 saturated heterocycles. The number of pyridine rings is 1. The highest BCUT2D eigenvalue weighted by molar-refractivity contribution is 6.10. The average molecular weight is 424 g/mol.